The van der Waals surface area contributed by atoms with Crippen molar-refractivity contribution in [3.05, 3.63) is 27.3 Å². The number of nitrogens with zero attached hydrogens (tertiary/aromatic N) is 3. The predicted octanol–water partition coefficient (Wildman–Crippen LogP) is 3.45. The maximum atomic E-state index is 11.3. The van der Waals surface area contributed by atoms with Crippen LogP contribution in [0, 0.1) is 10.1 Å². The molecule has 0 unspecified atom stereocenters. The monoisotopic (exact) mass is 295 g/mol. The van der Waals surface area contributed by atoms with Gasteiger partial charge >= 0.3 is 0 Å². The van der Waals surface area contributed by atoms with E-state index >= 15 is 0 Å². The van der Waals surface area contributed by atoms with Crippen molar-refractivity contribution in [3.63, 3.8) is 0 Å². The Labute approximate surface area is 123 Å². The van der Waals surface area contributed by atoms with Gasteiger partial charge in [-0.3, -0.25) is 10.1 Å². The second-order valence-electron chi connectivity index (χ2n) is 5.44. The summed E-state index contributed by atoms with van der Waals surface area (Å²) in [5.41, 5.74) is 1.79. The largest absolute Gasteiger partial charge is 0.370 e. The number of benzene rings is 1. The maximum Gasteiger partial charge on any atom is 0.294 e. The lowest BCUT2D eigenvalue weighted by Gasteiger charge is -2.23. The molecular weight excluding hydrogens is 278 g/mol. The first-order chi connectivity index (χ1) is 9.66. The minimum absolute atomic E-state index is 0.125. The molecule has 2 saturated heterocycles. The summed E-state index contributed by atoms with van der Waals surface area (Å²) in [6.45, 7) is 3.75. The van der Waals surface area contributed by atoms with Crippen LogP contribution in [0.15, 0.2) is 12.1 Å². The summed E-state index contributed by atoms with van der Waals surface area (Å²) in [6, 6.07) is 3.43. The smallest absolute Gasteiger partial charge is 0.294 e. The third-order valence-corrected chi connectivity index (χ3v) is 4.44. The standard InChI is InChI=1S/C14H18ClN3O2/c15-11-9-14(18(19)20)13(17-7-3-4-8-17)10-12(11)16-5-1-2-6-16/h9-10H,1-8H2. The molecule has 0 N–H and O–H groups in total. The number of hydrogen-bond donors (Lipinski definition) is 0. The molecule has 1 aromatic rings. The molecule has 0 aromatic heterocycles. The molecule has 2 heterocycles. The lowest BCUT2D eigenvalue weighted by molar-refractivity contribution is -0.384. The van der Waals surface area contributed by atoms with Gasteiger partial charge in [0.2, 0.25) is 0 Å². The number of anilines is 2. The predicted molar refractivity (Wildman–Crippen MR) is 81.0 cm³/mol. The number of hydrogen-bond acceptors (Lipinski definition) is 4. The van der Waals surface area contributed by atoms with Crippen molar-refractivity contribution in [2.24, 2.45) is 0 Å². The Hall–Kier alpha value is -1.49. The first kappa shape index (κ1) is 13.5. The van der Waals surface area contributed by atoms with Gasteiger partial charge in [-0.2, -0.15) is 0 Å². The van der Waals surface area contributed by atoms with Crippen LogP contribution in [0.2, 0.25) is 5.02 Å². The topological polar surface area (TPSA) is 49.6 Å². The van der Waals surface area contributed by atoms with Crippen molar-refractivity contribution in [2.75, 3.05) is 36.0 Å². The number of halogens is 1. The van der Waals surface area contributed by atoms with Crippen molar-refractivity contribution >= 4 is 28.7 Å². The quantitative estimate of drug-likeness (QED) is 0.633. The van der Waals surface area contributed by atoms with Gasteiger partial charge in [0.25, 0.3) is 5.69 Å². The van der Waals surface area contributed by atoms with Gasteiger partial charge in [-0.1, -0.05) is 11.6 Å². The van der Waals surface area contributed by atoms with Gasteiger partial charge in [-0.25, -0.2) is 0 Å². The van der Waals surface area contributed by atoms with E-state index in [-0.39, 0.29) is 10.6 Å². The number of rotatable bonds is 3. The van der Waals surface area contributed by atoms with E-state index in [4.69, 9.17) is 11.6 Å². The van der Waals surface area contributed by atoms with Gasteiger partial charge in [-0.05, 0) is 31.7 Å². The zero-order chi connectivity index (χ0) is 14.1. The van der Waals surface area contributed by atoms with E-state index in [0.29, 0.717) is 5.02 Å². The molecule has 0 spiro atoms. The fourth-order valence-corrected chi connectivity index (χ4v) is 3.38. The minimum atomic E-state index is -0.326. The second kappa shape index (κ2) is 5.48. The average Bonchev–Trinajstić information content (AvgIpc) is 3.11. The van der Waals surface area contributed by atoms with E-state index in [1.807, 2.05) is 6.07 Å². The highest BCUT2D eigenvalue weighted by atomic mass is 35.5. The summed E-state index contributed by atoms with van der Waals surface area (Å²) in [7, 11) is 0. The van der Waals surface area contributed by atoms with Crippen LogP contribution in [0.3, 0.4) is 0 Å². The second-order valence-corrected chi connectivity index (χ2v) is 5.84. The summed E-state index contributed by atoms with van der Waals surface area (Å²) in [6.07, 6.45) is 4.51. The summed E-state index contributed by atoms with van der Waals surface area (Å²) in [4.78, 5) is 15.3. The summed E-state index contributed by atoms with van der Waals surface area (Å²) >= 11 is 6.27. The van der Waals surface area contributed by atoms with Crippen LogP contribution in [-0.2, 0) is 0 Å². The van der Waals surface area contributed by atoms with Crippen LogP contribution in [0.4, 0.5) is 17.1 Å². The fraction of sp³-hybridized carbons (Fsp3) is 0.571. The van der Waals surface area contributed by atoms with Crippen LogP contribution in [0.5, 0.6) is 0 Å². The maximum absolute atomic E-state index is 11.3. The van der Waals surface area contributed by atoms with Gasteiger partial charge in [0.05, 0.1) is 15.6 Å². The van der Waals surface area contributed by atoms with Crippen molar-refractivity contribution in [3.8, 4) is 0 Å². The summed E-state index contributed by atoms with van der Waals surface area (Å²) < 4.78 is 0. The molecule has 2 aliphatic heterocycles. The lowest BCUT2D eigenvalue weighted by Crippen LogP contribution is -2.22. The van der Waals surface area contributed by atoms with Crippen LogP contribution in [0.25, 0.3) is 0 Å². The highest BCUT2D eigenvalue weighted by Gasteiger charge is 2.26. The van der Waals surface area contributed by atoms with Crippen molar-refractivity contribution in [1.29, 1.82) is 0 Å². The zero-order valence-electron chi connectivity index (χ0n) is 11.3. The molecule has 0 radical (unpaired) electrons. The summed E-state index contributed by atoms with van der Waals surface area (Å²) in [5.74, 6) is 0. The zero-order valence-corrected chi connectivity index (χ0v) is 12.1. The number of nitro benzene ring substituents is 1. The fourth-order valence-electron chi connectivity index (χ4n) is 3.10. The first-order valence-corrected chi connectivity index (χ1v) is 7.52. The van der Waals surface area contributed by atoms with Crippen LogP contribution in [0.1, 0.15) is 25.7 Å². The van der Waals surface area contributed by atoms with Crippen LogP contribution in [-0.4, -0.2) is 31.1 Å². The van der Waals surface area contributed by atoms with Gasteiger partial charge < -0.3 is 9.80 Å². The van der Waals surface area contributed by atoms with Crippen LogP contribution < -0.4 is 9.80 Å². The summed E-state index contributed by atoms with van der Waals surface area (Å²) in [5, 5.41) is 11.8. The Morgan fingerprint density at radius 2 is 1.45 bits per heavy atom. The Morgan fingerprint density at radius 1 is 0.950 bits per heavy atom. The molecule has 0 amide bonds. The molecule has 6 heteroatoms. The molecule has 2 aliphatic rings. The van der Waals surface area contributed by atoms with Gasteiger partial charge in [-0.15, -0.1) is 0 Å². The minimum Gasteiger partial charge on any atom is -0.370 e. The molecule has 2 fully saturated rings. The van der Waals surface area contributed by atoms with Crippen LogP contribution >= 0.6 is 11.6 Å². The molecule has 3 rings (SSSR count). The molecule has 20 heavy (non-hydrogen) atoms. The number of nitro groups is 1. The first-order valence-electron chi connectivity index (χ1n) is 7.14. The van der Waals surface area contributed by atoms with Crippen molar-refractivity contribution in [1.82, 2.24) is 0 Å². The molecule has 0 aliphatic carbocycles. The normalized spacial score (nSPS) is 18.9. The highest BCUT2D eigenvalue weighted by molar-refractivity contribution is 6.33. The third-order valence-electron chi connectivity index (χ3n) is 4.13. The van der Waals surface area contributed by atoms with Gasteiger partial charge in [0.15, 0.2) is 0 Å². The molecular formula is C14H18ClN3O2. The lowest BCUT2D eigenvalue weighted by atomic mass is 10.2. The Kier molecular flexibility index (Phi) is 3.70. The van der Waals surface area contributed by atoms with E-state index in [2.05, 4.69) is 9.80 Å². The van der Waals surface area contributed by atoms with Gasteiger partial charge in [0, 0.05) is 32.2 Å². The Morgan fingerprint density at radius 3 is 1.95 bits per heavy atom. The Bertz CT molecular complexity index is 523. The average molecular weight is 296 g/mol. The van der Waals surface area contributed by atoms with Crippen molar-refractivity contribution in [2.45, 2.75) is 25.7 Å². The molecule has 0 bridgehead atoms. The Balaban J connectivity index is 2.03. The van der Waals surface area contributed by atoms with E-state index in [1.54, 1.807) is 0 Å². The molecule has 5 nitrogen and oxygen atoms in total. The van der Waals surface area contributed by atoms with E-state index in [1.165, 1.54) is 6.07 Å². The van der Waals surface area contributed by atoms with E-state index in [0.717, 1.165) is 63.2 Å². The molecule has 0 atom stereocenters. The molecule has 1 aromatic carbocycles. The van der Waals surface area contributed by atoms with E-state index in [9.17, 15) is 10.1 Å². The van der Waals surface area contributed by atoms with E-state index < -0.39 is 0 Å². The van der Waals surface area contributed by atoms with Crippen molar-refractivity contribution < 1.29 is 4.92 Å². The van der Waals surface area contributed by atoms with Gasteiger partial charge in [0.1, 0.15) is 5.69 Å². The SMILES string of the molecule is O=[N+]([O-])c1cc(Cl)c(N2CCCC2)cc1N1CCCC1. The third kappa shape index (κ3) is 2.42. The highest BCUT2D eigenvalue weighted by Crippen LogP contribution is 2.40. The molecule has 108 valence electrons. The molecule has 0 saturated carbocycles.